The number of ether oxygens (including phenoxy) is 1. The molecule has 0 fully saturated rings. The first-order chi connectivity index (χ1) is 27.0. The van der Waals surface area contributed by atoms with Gasteiger partial charge in [-0.3, -0.25) is 19.2 Å². The van der Waals surface area contributed by atoms with E-state index in [2.05, 4.69) is 21.3 Å². The van der Waals surface area contributed by atoms with Crippen molar-refractivity contribution in [3.8, 4) is 5.75 Å². The number of carbonyl (C=O) groups excluding carboxylic acids is 4. The number of hydrogen-bond donors (Lipinski definition) is 6. The van der Waals surface area contributed by atoms with Gasteiger partial charge >= 0.3 is 6.18 Å². The van der Waals surface area contributed by atoms with Crippen molar-refractivity contribution in [3.63, 3.8) is 0 Å². The van der Waals surface area contributed by atoms with Crippen LogP contribution in [0.4, 0.5) is 13.2 Å². The molecule has 14 heteroatoms. The zero-order chi connectivity index (χ0) is 40.3. The molecule has 0 unspecified atom stereocenters. The second-order valence-electron chi connectivity index (χ2n) is 13.2. The van der Waals surface area contributed by atoms with Gasteiger partial charge in [-0.15, -0.1) is 0 Å². The predicted octanol–water partition coefficient (Wildman–Crippen LogP) is 5.30. The third kappa shape index (κ3) is 13.8. The number of rotatable bonds is 21. The van der Waals surface area contributed by atoms with E-state index in [0.29, 0.717) is 61.2 Å². The normalized spacial score (nSPS) is 12.8. The molecule has 4 rings (SSSR count). The molecule has 0 aromatic heterocycles. The number of nitrogens with one attached hydrogen (secondary N) is 4. The molecule has 298 valence electrons. The number of alkyl halides is 3. The molecule has 0 heterocycles. The molecular formula is C42H49F3N6O5. The predicted molar refractivity (Wildman–Crippen MR) is 207 cm³/mol. The molecular weight excluding hydrogens is 725 g/mol. The number of unbranched alkanes of at least 4 members (excludes halogenated alkanes) is 2. The van der Waals surface area contributed by atoms with E-state index >= 15 is 0 Å². The number of hydrogen-bond acceptors (Lipinski definition) is 7. The summed E-state index contributed by atoms with van der Waals surface area (Å²) in [5.74, 6) is -1.74. The molecule has 0 radical (unpaired) electrons. The van der Waals surface area contributed by atoms with Crippen molar-refractivity contribution in [2.24, 2.45) is 11.5 Å². The lowest BCUT2D eigenvalue weighted by molar-refractivity contribution is -0.137. The van der Waals surface area contributed by atoms with E-state index in [4.69, 9.17) is 16.2 Å². The van der Waals surface area contributed by atoms with E-state index in [0.717, 1.165) is 17.7 Å². The van der Waals surface area contributed by atoms with Crippen molar-refractivity contribution in [2.45, 2.75) is 76.0 Å². The van der Waals surface area contributed by atoms with Crippen LogP contribution in [0.25, 0.3) is 0 Å². The first-order valence-corrected chi connectivity index (χ1v) is 18.6. The molecule has 0 spiro atoms. The summed E-state index contributed by atoms with van der Waals surface area (Å²) in [6, 6.07) is 25.5. The fourth-order valence-corrected chi connectivity index (χ4v) is 5.77. The molecule has 0 bridgehead atoms. The molecule has 4 aromatic rings. The van der Waals surface area contributed by atoms with Crippen LogP contribution in [0.1, 0.15) is 77.2 Å². The first-order valence-electron chi connectivity index (χ1n) is 18.6. The van der Waals surface area contributed by atoms with Gasteiger partial charge in [-0.1, -0.05) is 72.8 Å². The summed E-state index contributed by atoms with van der Waals surface area (Å²) >= 11 is 0. The minimum Gasteiger partial charge on any atom is -0.489 e. The molecule has 0 aliphatic rings. The van der Waals surface area contributed by atoms with Gasteiger partial charge in [0.05, 0.1) is 5.56 Å². The highest BCUT2D eigenvalue weighted by molar-refractivity contribution is 5.98. The average molecular weight is 775 g/mol. The standard InChI is InChI=1S/C42H49F3N6O5/c43-42(44,45)33-21-17-30(18-22-33)28-56-34-23-19-31(20-24-34)37(41(55)48-27-29-11-3-1-4-12-29)51-40(54)36(16-8-10-26-47)50-39(53)35(15-7-9-25-46)49-38(52)32-13-5-2-6-14-32/h1-6,11-14,17-24,35-37H,7-10,15-16,25-28,46-47H2,(H,48,55)(H,49,52)(H,50,53)(H,51,54)/t35-,36-,37-/m0/s1. The number of nitrogens with two attached hydrogens (primary N) is 2. The minimum absolute atomic E-state index is 0.00158. The van der Waals surface area contributed by atoms with Crippen molar-refractivity contribution in [3.05, 3.63) is 137 Å². The Morgan fingerprint density at radius 3 is 1.73 bits per heavy atom. The van der Waals surface area contributed by atoms with Crippen LogP contribution < -0.4 is 37.5 Å². The van der Waals surface area contributed by atoms with Crippen LogP contribution >= 0.6 is 0 Å². The Morgan fingerprint density at radius 2 is 1.16 bits per heavy atom. The summed E-state index contributed by atoms with van der Waals surface area (Å²) in [6.07, 6.45) is -1.68. The lowest BCUT2D eigenvalue weighted by Crippen LogP contribution is -2.55. The Balaban J connectivity index is 1.52. The average Bonchev–Trinajstić information content (AvgIpc) is 3.21. The smallest absolute Gasteiger partial charge is 0.416 e. The van der Waals surface area contributed by atoms with Crippen molar-refractivity contribution < 1.29 is 37.1 Å². The van der Waals surface area contributed by atoms with Crippen molar-refractivity contribution in [1.29, 1.82) is 0 Å². The Labute approximate surface area is 324 Å². The zero-order valence-corrected chi connectivity index (χ0v) is 31.0. The molecule has 0 saturated heterocycles. The zero-order valence-electron chi connectivity index (χ0n) is 31.0. The largest absolute Gasteiger partial charge is 0.489 e. The monoisotopic (exact) mass is 774 g/mol. The minimum atomic E-state index is -4.45. The highest BCUT2D eigenvalue weighted by Gasteiger charge is 2.31. The topological polar surface area (TPSA) is 178 Å². The maximum absolute atomic E-state index is 14.0. The van der Waals surface area contributed by atoms with E-state index < -0.39 is 53.5 Å². The van der Waals surface area contributed by atoms with Gasteiger partial charge in [0.2, 0.25) is 17.7 Å². The van der Waals surface area contributed by atoms with Gasteiger partial charge in [-0.25, -0.2) is 0 Å². The van der Waals surface area contributed by atoms with Gasteiger partial charge in [-0.2, -0.15) is 13.2 Å². The quantitative estimate of drug-likeness (QED) is 0.0623. The SMILES string of the molecule is NCCCC[C@H](NC(=O)c1ccccc1)C(=O)N[C@@H](CCCCN)C(=O)N[C@H](C(=O)NCc1ccccc1)c1ccc(OCc2ccc(C(F)(F)F)cc2)cc1. The van der Waals surface area contributed by atoms with Crippen molar-refractivity contribution >= 4 is 23.6 Å². The third-order valence-electron chi connectivity index (χ3n) is 8.94. The molecule has 8 N–H and O–H groups in total. The number of amides is 4. The number of halogens is 3. The van der Waals surface area contributed by atoms with Crippen LogP contribution in [0.15, 0.2) is 109 Å². The van der Waals surface area contributed by atoms with Gasteiger partial charge < -0.3 is 37.5 Å². The van der Waals surface area contributed by atoms with Crippen LogP contribution in [0, 0.1) is 0 Å². The molecule has 4 aromatic carbocycles. The molecule has 4 amide bonds. The highest BCUT2D eigenvalue weighted by atomic mass is 19.4. The summed E-state index contributed by atoms with van der Waals surface area (Å²) in [7, 11) is 0. The Hall–Kier alpha value is -5.73. The van der Waals surface area contributed by atoms with Gasteiger partial charge in [-0.05, 0) is 105 Å². The Morgan fingerprint density at radius 1 is 0.607 bits per heavy atom. The maximum atomic E-state index is 14.0. The van der Waals surface area contributed by atoms with Crippen molar-refractivity contribution in [1.82, 2.24) is 21.3 Å². The van der Waals surface area contributed by atoms with Crippen LogP contribution in [0.3, 0.4) is 0 Å². The number of carbonyl (C=O) groups is 4. The summed E-state index contributed by atoms with van der Waals surface area (Å²) in [6.45, 7) is 0.959. The first kappa shape index (κ1) is 43.0. The van der Waals surface area contributed by atoms with Crippen LogP contribution in [0.5, 0.6) is 5.75 Å². The molecule has 11 nitrogen and oxygen atoms in total. The Bertz CT molecular complexity index is 1830. The van der Waals surface area contributed by atoms with Crippen LogP contribution in [-0.4, -0.2) is 48.8 Å². The summed E-state index contributed by atoms with van der Waals surface area (Å²) < 4.78 is 44.7. The number of benzene rings is 4. The van der Waals surface area contributed by atoms with Gasteiger partial charge in [0.1, 0.15) is 30.5 Å². The van der Waals surface area contributed by atoms with E-state index in [1.165, 1.54) is 12.1 Å². The maximum Gasteiger partial charge on any atom is 0.416 e. The lowest BCUT2D eigenvalue weighted by atomic mass is 10.0. The second kappa shape index (κ2) is 22.0. The van der Waals surface area contributed by atoms with Gasteiger partial charge in [0.15, 0.2) is 0 Å². The molecule has 56 heavy (non-hydrogen) atoms. The van der Waals surface area contributed by atoms with E-state index in [-0.39, 0.29) is 26.0 Å². The molecule has 0 aliphatic carbocycles. The summed E-state index contributed by atoms with van der Waals surface area (Å²) in [5, 5.41) is 11.3. The van der Waals surface area contributed by atoms with Gasteiger partial charge in [0, 0.05) is 12.1 Å². The second-order valence-corrected chi connectivity index (χ2v) is 13.2. The highest BCUT2D eigenvalue weighted by Crippen LogP contribution is 2.29. The summed E-state index contributed by atoms with van der Waals surface area (Å²) in [5.41, 5.74) is 12.8. The molecule has 0 saturated carbocycles. The summed E-state index contributed by atoms with van der Waals surface area (Å²) in [4.78, 5) is 54.6. The van der Waals surface area contributed by atoms with Crippen molar-refractivity contribution in [2.75, 3.05) is 13.1 Å². The molecule has 3 atom stereocenters. The molecule has 0 aliphatic heterocycles. The van der Waals surface area contributed by atoms with E-state index in [9.17, 15) is 32.3 Å². The van der Waals surface area contributed by atoms with Crippen LogP contribution in [-0.2, 0) is 33.7 Å². The van der Waals surface area contributed by atoms with Crippen LogP contribution in [0.2, 0.25) is 0 Å². The van der Waals surface area contributed by atoms with Gasteiger partial charge in [0.25, 0.3) is 5.91 Å². The Kier molecular flexibility index (Phi) is 16.9. The lowest BCUT2D eigenvalue weighted by Gasteiger charge is -2.26. The third-order valence-corrected chi connectivity index (χ3v) is 8.94. The van der Waals surface area contributed by atoms with E-state index in [1.807, 2.05) is 30.3 Å². The fourth-order valence-electron chi connectivity index (χ4n) is 5.77. The van der Waals surface area contributed by atoms with E-state index in [1.54, 1.807) is 54.6 Å². The fraction of sp³-hybridized carbons (Fsp3) is 0.333.